The van der Waals surface area contributed by atoms with E-state index < -0.39 is 23.1 Å². The van der Waals surface area contributed by atoms with Gasteiger partial charge in [0, 0.05) is 37.0 Å². The number of aliphatic hydroxyl groups excluding tert-OH is 1. The van der Waals surface area contributed by atoms with Crippen LogP contribution in [0.5, 0.6) is 0 Å². The van der Waals surface area contributed by atoms with Crippen LogP contribution in [0.1, 0.15) is 73.5 Å². The SMILES string of the molecule is CC12Cc3cnn(-c4ccc(F)cc4)c3C=C1CCC1C2[C@@H](O)CC2(C)C1CC[C@]2(OC(=O)c1ccco1)C(=O)NCCc1cnccn1. The Morgan fingerprint density at radius 1 is 1.14 bits per heavy atom. The molecule has 254 valence electrons. The molecule has 1 aromatic carbocycles. The van der Waals surface area contributed by atoms with Gasteiger partial charge >= 0.3 is 5.97 Å². The molecule has 4 aromatic rings. The summed E-state index contributed by atoms with van der Waals surface area (Å²) < 4.78 is 27.2. The molecular weight excluding hydrogens is 625 g/mol. The van der Waals surface area contributed by atoms with Crippen molar-refractivity contribution < 1.29 is 28.2 Å². The number of benzene rings is 1. The first-order valence-electron chi connectivity index (χ1n) is 17.1. The molecule has 0 aliphatic heterocycles. The lowest BCUT2D eigenvalue weighted by atomic mass is 9.45. The summed E-state index contributed by atoms with van der Waals surface area (Å²) in [5, 5.41) is 20.0. The van der Waals surface area contributed by atoms with Gasteiger partial charge in [-0.05, 0) is 110 Å². The molecule has 7 atom stereocenters. The molecule has 4 aliphatic rings. The lowest BCUT2D eigenvalue weighted by molar-refractivity contribution is -0.182. The monoisotopic (exact) mass is 665 g/mol. The van der Waals surface area contributed by atoms with Crippen molar-refractivity contribution in [1.29, 1.82) is 0 Å². The fourth-order valence-corrected chi connectivity index (χ4v) is 10.1. The Labute approximate surface area is 283 Å². The van der Waals surface area contributed by atoms with E-state index in [4.69, 9.17) is 9.15 Å². The predicted molar refractivity (Wildman–Crippen MR) is 177 cm³/mol. The van der Waals surface area contributed by atoms with Crippen LogP contribution in [0, 0.1) is 34.4 Å². The third-order valence-corrected chi connectivity index (χ3v) is 12.3. The summed E-state index contributed by atoms with van der Waals surface area (Å²) in [6, 6.07) is 9.49. The van der Waals surface area contributed by atoms with Crippen molar-refractivity contribution in [1.82, 2.24) is 25.1 Å². The molecule has 49 heavy (non-hydrogen) atoms. The fourth-order valence-electron chi connectivity index (χ4n) is 10.1. The molecule has 0 saturated heterocycles. The van der Waals surface area contributed by atoms with E-state index in [9.17, 15) is 19.1 Å². The van der Waals surface area contributed by atoms with Crippen LogP contribution in [0.15, 0.2) is 77.4 Å². The number of rotatable bonds is 7. The molecule has 0 radical (unpaired) electrons. The first-order chi connectivity index (χ1) is 23.6. The molecule has 10 nitrogen and oxygen atoms in total. The number of ether oxygens (including phenoxy) is 1. The third kappa shape index (κ3) is 4.95. The van der Waals surface area contributed by atoms with E-state index in [2.05, 4.69) is 33.4 Å². The van der Waals surface area contributed by atoms with Gasteiger partial charge < -0.3 is 19.6 Å². The van der Waals surface area contributed by atoms with Gasteiger partial charge in [0.1, 0.15) is 5.82 Å². The van der Waals surface area contributed by atoms with Gasteiger partial charge in [-0.25, -0.2) is 13.9 Å². The van der Waals surface area contributed by atoms with Gasteiger partial charge in [0.05, 0.1) is 35.6 Å². The number of halogens is 1. The van der Waals surface area contributed by atoms with Crippen LogP contribution in [0.2, 0.25) is 0 Å². The minimum atomic E-state index is -1.50. The highest BCUT2D eigenvalue weighted by Gasteiger charge is 2.71. The second-order valence-corrected chi connectivity index (χ2v) is 14.7. The minimum absolute atomic E-state index is 0.0344. The van der Waals surface area contributed by atoms with Gasteiger partial charge in [0.25, 0.3) is 5.91 Å². The summed E-state index contributed by atoms with van der Waals surface area (Å²) in [4.78, 5) is 36.3. The average Bonchev–Trinajstić information content (AvgIpc) is 3.83. The Bertz CT molecular complexity index is 1910. The van der Waals surface area contributed by atoms with Crippen LogP contribution in [-0.4, -0.2) is 55.0 Å². The van der Waals surface area contributed by atoms with Crippen LogP contribution in [0.3, 0.4) is 0 Å². The number of aromatic nitrogens is 4. The van der Waals surface area contributed by atoms with Crippen LogP contribution in [0.25, 0.3) is 11.8 Å². The van der Waals surface area contributed by atoms with E-state index in [0.717, 1.165) is 41.9 Å². The molecule has 5 unspecified atom stereocenters. The number of allylic oxidation sites excluding steroid dienone is 1. The summed E-state index contributed by atoms with van der Waals surface area (Å²) in [5.74, 6) is -1.20. The fraction of sp³-hybridized carbons (Fsp3) is 0.447. The Morgan fingerprint density at radius 2 is 1.98 bits per heavy atom. The number of hydrogen-bond donors (Lipinski definition) is 2. The lowest BCUT2D eigenvalue weighted by Gasteiger charge is -2.60. The number of carbonyl (C=O) groups excluding carboxylic acids is 2. The maximum atomic E-state index is 14.4. The van der Waals surface area contributed by atoms with E-state index in [1.807, 2.05) is 17.8 Å². The Balaban J connectivity index is 1.10. The van der Waals surface area contributed by atoms with Crippen molar-refractivity contribution >= 4 is 18.0 Å². The summed E-state index contributed by atoms with van der Waals surface area (Å²) in [7, 11) is 0. The van der Waals surface area contributed by atoms with Gasteiger partial charge in [-0.2, -0.15) is 5.10 Å². The summed E-state index contributed by atoms with van der Waals surface area (Å²) >= 11 is 0. The number of nitrogens with one attached hydrogen (secondary N) is 1. The Morgan fingerprint density at radius 3 is 2.73 bits per heavy atom. The van der Waals surface area contributed by atoms with Crippen molar-refractivity contribution in [2.24, 2.45) is 28.6 Å². The molecule has 8 rings (SSSR count). The molecule has 0 spiro atoms. The van der Waals surface area contributed by atoms with Crippen LogP contribution in [-0.2, 0) is 22.4 Å². The molecule has 4 aliphatic carbocycles. The highest BCUT2D eigenvalue weighted by molar-refractivity contribution is 5.93. The summed E-state index contributed by atoms with van der Waals surface area (Å²) in [6.45, 7) is 4.59. The number of esters is 1. The molecule has 11 heteroatoms. The molecule has 3 fully saturated rings. The zero-order chi connectivity index (χ0) is 34.0. The van der Waals surface area contributed by atoms with E-state index in [0.29, 0.717) is 32.2 Å². The molecule has 2 N–H and O–H groups in total. The Hall–Kier alpha value is -4.64. The van der Waals surface area contributed by atoms with E-state index in [1.54, 1.807) is 36.8 Å². The van der Waals surface area contributed by atoms with Crippen molar-refractivity contribution in [2.75, 3.05) is 6.54 Å². The van der Waals surface area contributed by atoms with E-state index in [-0.39, 0.29) is 40.7 Å². The molecular formula is C38H40FN5O5. The molecule has 1 amide bonds. The number of nitrogens with zero attached hydrogens (tertiary/aromatic N) is 4. The van der Waals surface area contributed by atoms with Gasteiger partial charge in [-0.15, -0.1) is 0 Å². The first-order valence-corrected chi connectivity index (χ1v) is 17.1. The highest BCUT2D eigenvalue weighted by atomic mass is 19.1. The second-order valence-electron chi connectivity index (χ2n) is 14.7. The van der Waals surface area contributed by atoms with Gasteiger partial charge in [0.2, 0.25) is 5.76 Å². The van der Waals surface area contributed by atoms with Crippen LogP contribution < -0.4 is 5.32 Å². The van der Waals surface area contributed by atoms with Crippen molar-refractivity contribution in [3.8, 4) is 5.69 Å². The smallest absolute Gasteiger partial charge is 0.375 e. The van der Waals surface area contributed by atoms with Crippen molar-refractivity contribution in [2.45, 2.75) is 70.5 Å². The largest absolute Gasteiger partial charge is 0.457 e. The second kappa shape index (κ2) is 11.8. The van der Waals surface area contributed by atoms with Crippen molar-refractivity contribution in [3.05, 3.63) is 102 Å². The Kier molecular flexibility index (Phi) is 7.58. The topological polar surface area (TPSA) is 132 Å². The standard InChI is InChI=1S/C38H40FN5O5/c1-36-19-23-21-43-44(27-8-6-25(39)7-9-27)30(23)18-24(36)5-10-28-29-11-13-38(37(29,2)20-31(45)33(28)36,49-34(46)32-4-3-17-48-32)35(47)42-14-12-26-22-40-15-16-41-26/h3-4,6-9,15-18,21-22,28-29,31,33,45H,5,10-14,19-20H2,1-2H3,(H,42,47)/t28?,29?,31-,33?,36?,37?,38-/m0/s1. The minimum Gasteiger partial charge on any atom is -0.457 e. The number of furan rings is 1. The van der Waals surface area contributed by atoms with Crippen LogP contribution in [0.4, 0.5) is 4.39 Å². The van der Waals surface area contributed by atoms with Gasteiger partial charge in [-0.1, -0.05) is 19.4 Å². The number of hydrogen-bond acceptors (Lipinski definition) is 8. The maximum Gasteiger partial charge on any atom is 0.375 e. The number of fused-ring (bicyclic) bond motifs is 6. The normalized spacial score (nSPS) is 31.5. The zero-order valence-electron chi connectivity index (χ0n) is 27.6. The molecule has 3 saturated carbocycles. The summed E-state index contributed by atoms with van der Waals surface area (Å²) in [5.41, 5.74) is 2.27. The zero-order valence-corrected chi connectivity index (χ0v) is 27.6. The molecule has 0 bridgehead atoms. The van der Waals surface area contributed by atoms with Gasteiger partial charge in [-0.3, -0.25) is 14.8 Å². The summed E-state index contributed by atoms with van der Waals surface area (Å²) in [6.07, 6.45) is 13.9. The number of amides is 1. The lowest BCUT2D eigenvalue weighted by Crippen LogP contribution is -2.64. The van der Waals surface area contributed by atoms with Gasteiger partial charge in [0.15, 0.2) is 5.60 Å². The van der Waals surface area contributed by atoms with Crippen LogP contribution >= 0.6 is 0 Å². The maximum absolute atomic E-state index is 14.4. The highest BCUT2D eigenvalue weighted by Crippen LogP contribution is 2.68. The predicted octanol–water partition coefficient (Wildman–Crippen LogP) is 5.50. The molecule has 3 heterocycles. The third-order valence-electron chi connectivity index (χ3n) is 12.3. The number of carbonyl (C=O) groups is 2. The molecule has 3 aromatic heterocycles. The number of aliphatic hydroxyl groups is 1. The first kappa shape index (κ1) is 31.6. The van der Waals surface area contributed by atoms with E-state index in [1.165, 1.54) is 30.0 Å². The quantitative estimate of drug-likeness (QED) is 0.248. The van der Waals surface area contributed by atoms with Crippen molar-refractivity contribution in [3.63, 3.8) is 0 Å². The average molecular weight is 666 g/mol. The van der Waals surface area contributed by atoms with E-state index >= 15 is 0 Å².